The topological polar surface area (TPSA) is 48.9 Å². The molecular formula is C8H7BrN2O. The maximum atomic E-state index is 8.90. The first-order chi connectivity index (χ1) is 5.81. The van der Waals surface area contributed by atoms with Crippen molar-refractivity contribution in [1.29, 1.82) is 0 Å². The summed E-state index contributed by atoms with van der Waals surface area (Å²) in [4.78, 5) is 0. The van der Waals surface area contributed by atoms with Crippen molar-refractivity contribution in [2.75, 3.05) is 0 Å². The Kier molecular flexibility index (Phi) is 1.86. The van der Waals surface area contributed by atoms with Gasteiger partial charge in [-0.2, -0.15) is 5.10 Å². The van der Waals surface area contributed by atoms with Crippen LogP contribution in [0.5, 0.6) is 0 Å². The fraction of sp³-hybridized carbons (Fsp3) is 0.125. The molecule has 12 heavy (non-hydrogen) atoms. The average molecular weight is 227 g/mol. The lowest BCUT2D eigenvalue weighted by Gasteiger charge is -1.97. The molecule has 0 unspecified atom stereocenters. The van der Waals surface area contributed by atoms with Gasteiger partial charge in [0.2, 0.25) is 0 Å². The summed E-state index contributed by atoms with van der Waals surface area (Å²) in [5, 5.41) is 16.7. The molecular weight excluding hydrogens is 220 g/mol. The second kappa shape index (κ2) is 2.88. The van der Waals surface area contributed by atoms with Gasteiger partial charge < -0.3 is 5.11 Å². The highest BCUT2D eigenvalue weighted by Crippen LogP contribution is 2.23. The lowest BCUT2D eigenvalue weighted by Crippen LogP contribution is -1.82. The van der Waals surface area contributed by atoms with Crippen LogP contribution < -0.4 is 0 Å². The van der Waals surface area contributed by atoms with Crippen molar-refractivity contribution in [1.82, 2.24) is 10.2 Å². The molecule has 4 heteroatoms. The molecule has 0 amide bonds. The molecule has 2 aromatic rings. The summed E-state index contributed by atoms with van der Waals surface area (Å²) < 4.78 is 0.956. The Morgan fingerprint density at radius 3 is 3.08 bits per heavy atom. The van der Waals surface area contributed by atoms with Crippen molar-refractivity contribution in [3.63, 3.8) is 0 Å². The number of H-pyrrole nitrogens is 1. The van der Waals surface area contributed by atoms with Gasteiger partial charge >= 0.3 is 0 Å². The van der Waals surface area contributed by atoms with Crippen LogP contribution in [0, 0.1) is 0 Å². The van der Waals surface area contributed by atoms with E-state index in [2.05, 4.69) is 26.1 Å². The number of aliphatic hydroxyl groups excluding tert-OH is 1. The molecule has 0 saturated heterocycles. The average Bonchev–Trinajstić information content (AvgIpc) is 2.52. The highest BCUT2D eigenvalue weighted by atomic mass is 79.9. The van der Waals surface area contributed by atoms with Crippen LogP contribution in [0.2, 0.25) is 0 Å². The molecule has 3 nitrogen and oxygen atoms in total. The zero-order valence-corrected chi connectivity index (χ0v) is 7.80. The molecule has 0 atom stereocenters. The van der Waals surface area contributed by atoms with E-state index in [0.717, 1.165) is 20.9 Å². The van der Waals surface area contributed by atoms with Gasteiger partial charge in [-0.1, -0.05) is 15.9 Å². The first-order valence-electron chi connectivity index (χ1n) is 3.53. The quantitative estimate of drug-likeness (QED) is 0.780. The largest absolute Gasteiger partial charge is 0.392 e. The monoisotopic (exact) mass is 226 g/mol. The number of aromatic amines is 1. The molecule has 0 aliphatic rings. The Morgan fingerprint density at radius 2 is 2.33 bits per heavy atom. The number of benzene rings is 1. The van der Waals surface area contributed by atoms with Crippen LogP contribution in [-0.2, 0) is 6.61 Å². The summed E-state index contributed by atoms with van der Waals surface area (Å²) in [7, 11) is 0. The number of nitrogens with zero attached hydrogens (tertiary/aromatic N) is 1. The minimum atomic E-state index is 0.0492. The van der Waals surface area contributed by atoms with Crippen molar-refractivity contribution >= 4 is 26.8 Å². The Hall–Kier alpha value is -0.870. The van der Waals surface area contributed by atoms with Gasteiger partial charge in [0, 0.05) is 9.86 Å². The summed E-state index contributed by atoms with van der Waals surface area (Å²) in [6, 6.07) is 3.77. The summed E-state index contributed by atoms with van der Waals surface area (Å²) in [5.41, 5.74) is 1.81. The van der Waals surface area contributed by atoms with E-state index in [4.69, 9.17) is 5.11 Å². The second-order valence-electron chi connectivity index (χ2n) is 2.57. The molecule has 2 rings (SSSR count). The molecule has 0 bridgehead atoms. The van der Waals surface area contributed by atoms with E-state index in [1.807, 2.05) is 12.1 Å². The van der Waals surface area contributed by atoms with E-state index < -0.39 is 0 Å². The van der Waals surface area contributed by atoms with Crippen molar-refractivity contribution in [3.8, 4) is 0 Å². The highest BCUT2D eigenvalue weighted by Gasteiger charge is 2.02. The standard InChI is InChI=1S/C8H7BrN2O/c9-7-1-5(4-12)2-8-6(7)3-10-11-8/h1-3,12H,4H2,(H,10,11). The van der Waals surface area contributed by atoms with Crippen molar-refractivity contribution in [2.24, 2.45) is 0 Å². The summed E-state index contributed by atoms with van der Waals surface area (Å²) >= 11 is 3.40. The molecule has 0 saturated carbocycles. The van der Waals surface area contributed by atoms with Gasteiger partial charge in [0.25, 0.3) is 0 Å². The Balaban J connectivity index is 2.75. The smallest absolute Gasteiger partial charge is 0.0683 e. The molecule has 0 spiro atoms. The maximum absolute atomic E-state index is 8.90. The second-order valence-corrected chi connectivity index (χ2v) is 3.42. The van der Waals surface area contributed by atoms with Gasteiger partial charge in [-0.3, -0.25) is 5.10 Å². The summed E-state index contributed by atoms with van der Waals surface area (Å²) in [6.07, 6.45) is 1.75. The number of nitrogens with one attached hydrogen (secondary N) is 1. The highest BCUT2D eigenvalue weighted by molar-refractivity contribution is 9.10. The molecule has 0 aliphatic heterocycles. The van der Waals surface area contributed by atoms with Crippen LogP contribution in [0.1, 0.15) is 5.56 Å². The number of aromatic nitrogens is 2. The molecule has 1 heterocycles. The lowest BCUT2D eigenvalue weighted by atomic mass is 10.2. The Morgan fingerprint density at radius 1 is 1.50 bits per heavy atom. The fourth-order valence-electron chi connectivity index (χ4n) is 1.16. The number of hydrogen-bond acceptors (Lipinski definition) is 2. The van der Waals surface area contributed by atoms with Crippen LogP contribution in [-0.4, -0.2) is 15.3 Å². The van der Waals surface area contributed by atoms with E-state index >= 15 is 0 Å². The van der Waals surface area contributed by atoms with E-state index in [9.17, 15) is 0 Å². The number of halogens is 1. The Labute approximate surface area is 77.5 Å². The van der Waals surface area contributed by atoms with Gasteiger partial charge in [0.1, 0.15) is 0 Å². The van der Waals surface area contributed by atoms with Gasteiger partial charge in [0.15, 0.2) is 0 Å². The zero-order valence-electron chi connectivity index (χ0n) is 6.21. The third-order valence-corrected chi connectivity index (χ3v) is 2.41. The van der Waals surface area contributed by atoms with E-state index in [0.29, 0.717) is 0 Å². The van der Waals surface area contributed by atoms with Crippen LogP contribution >= 0.6 is 15.9 Å². The van der Waals surface area contributed by atoms with Crippen molar-refractivity contribution in [3.05, 3.63) is 28.4 Å². The third-order valence-electron chi connectivity index (χ3n) is 1.75. The van der Waals surface area contributed by atoms with E-state index in [-0.39, 0.29) is 6.61 Å². The first-order valence-corrected chi connectivity index (χ1v) is 4.33. The van der Waals surface area contributed by atoms with Crippen LogP contribution in [0.25, 0.3) is 10.9 Å². The predicted molar refractivity (Wildman–Crippen MR) is 49.7 cm³/mol. The molecule has 1 aromatic heterocycles. The zero-order chi connectivity index (χ0) is 8.55. The normalized spacial score (nSPS) is 10.8. The molecule has 0 fully saturated rings. The maximum Gasteiger partial charge on any atom is 0.0683 e. The first kappa shape index (κ1) is 7.76. The van der Waals surface area contributed by atoms with Gasteiger partial charge in [-0.05, 0) is 17.7 Å². The number of hydrogen-bond donors (Lipinski definition) is 2. The number of rotatable bonds is 1. The molecule has 0 aliphatic carbocycles. The molecule has 2 N–H and O–H groups in total. The molecule has 1 aromatic carbocycles. The SMILES string of the molecule is OCc1cc(Br)c2cn[nH]c2c1. The van der Waals surface area contributed by atoms with Crippen molar-refractivity contribution < 1.29 is 5.11 Å². The Bertz CT molecular complexity index is 410. The van der Waals surface area contributed by atoms with Gasteiger partial charge in [0.05, 0.1) is 18.3 Å². The van der Waals surface area contributed by atoms with Gasteiger partial charge in [-0.15, -0.1) is 0 Å². The number of fused-ring (bicyclic) bond motifs is 1. The predicted octanol–water partition coefficient (Wildman–Crippen LogP) is 1.82. The van der Waals surface area contributed by atoms with Crippen LogP contribution in [0.3, 0.4) is 0 Å². The summed E-state index contributed by atoms with van der Waals surface area (Å²) in [6.45, 7) is 0.0492. The lowest BCUT2D eigenvalue weighted by molar-refractivity contribution is 0.282. The van der Waals surface area contributed by atoms with Crippen LogP contribution in [0.15, 0.2) is 22.8 Å². The van der Waals surface area contributed by atoms with E-state index in [1.54, 1.807) is 6.20 Å². The fourth-order valence-corrected chi connectivity index (χ4v) is 1.77. The molecule has 62 valence electrons. The minimum Gasteiger partial charge on any atom is -0.392 e. The molecule has 0 radical (unpaired) electrons. The minimum absolute atomic E-state index is 0.0492. The third kappa shape index (κ3) is 1.13. The van der Waals surface area contributed by atoms with Crippen LogP contribution in [0.4, 0.5) is 0 Å². The number of aliphatic hydroxyl groups is 1. The summed E-state index contributed by atoms with van der Waals surface area (Å²) in [5.74, 6) is 0. The van der Waals surface area contributed by atoms with Gasteiger partial charge in [-0.25, -0.2) is 0 Å². The van der Waals surface area contributed by atoms with E-state index in [1.165, 1.54) is 0 Å². The van der Waals surface area contributed by atoms with Crippen molar-refractivity contribution in [2.45, 2.75) is 6.61 Å².